The van der Waals surface area contributed by atoms with Gasteiger partial charge in [0.2, 0.25) is 5.91 Å². The normalized spacial score (nSPS) is 13.9. The number of piperidine rings is 1. The number of carbonyl (C=O) groups excluding carboxylic acids is 2. The van der Waals surface area contributed by atoms with E-state index >= 15 is 0 Å². The lowest BCUT2D eigenvalue weighted by atomic mass is 10.1. The lowest BCUT2D eigenvalue weighted by molar-refractivity contribution is -0.133. The summed E-state index contributed by atoms with van der Waals surface area (Å²) >= 11 is 1.66. The molecular weight excluding hydrogens is 485 g/mol. The van der Waals surface area contributed by atoms with Crippen molar-refractivity contribution in [1.29, 1.82) is 0 Å². The van der Waals surface area contributed by atoms with E-state index in [0.29, 0.717) is 25.2 Å². The minimum Gasteiger partial charge on any atom is -0.332 e. The van der Waals surface area contributed by atoms with Crippen LogP contribution < -0.4 is 0 Å². The Bertz CT molecular complexity index is 1190. The molecular formula is C30H36FN3O2S. The summed E-state index contributed by atoms with van der Waals surface area (Å²) in [6.45, 7) is 8.12. The largest absolute Gasteiger partial charge is 0.332 e. The molecule has 2 heterocycles. The third-order valence-electron chi connectivity index (χ3n) is 6.91. The summed E-state index contributed by atoms with van der Waals surface area (Å²) in [6.07, 6.45) is 3.61. The van der Waals surface area contributed by atoms with Gasteiger partial charge in [0.25, 0.3) is 5.91 Å². The zero-order chi connectivity index (χ0) is 26.2. The summed E-state index contributed by atoms with van der Waals surface area (Å²) in [5.74, 6) is -0.531. The smallest absolute Gasteiger partial charge is 0.254 e. The molecule has 1 fully saturated rings. The predicted octanol–water partition coefficient (Wildman–Crippen LogP) is 5.66. The maximum atomic E-state index is 13.8. The second kappa shape index (κ2) is 13.0. The Balaban J connectivity index is 1.54. The number of thiophene rings is 1. The quantitative estimate of drug-likeness (QED) is 0.346. The van der Waals surface area contributed by atoms with Crippen LogP contribution in [0.1, 0.15) is 50.5 Å². The van der Waals surface area contributed by atoms with E-state index in [9.17, 15) is 14.0 Å². The third-order valence-corrected chi connectivity index (χ3v) is 7.89. The Morgan fingerprint density at radius 3 is 2.30 bits per heavy atom. The number of aryl methyl sites for hydroxylation is 2. The molecule has 2 aromatic carbocycles. The first-order valence-corrected chi connectivity index (χ1v) is 13.9. The van der Waals surface area contributed by atoms with Gasteiger partial charge in [0, 0.05) is 35.0 Å². The number of rotatable bonds is 10. The topological polar surface area (TPSA) is 43.9 Å². The lowest BCUT2D eigenvalue weighted by Gasteiger charge is -2.31. The van der Waals surface area contributed by atoms with Gasteiger partial charge in [-0.05, 0) is 81.2 Å². The third kappa shape index (κ3) is 7.73. The zero-order valence-electron chi connectivity index (χ0n) is 21.8. The van der Waals surface area contributed by atoms with Crippen molar-refractivity contribution >= 4 is 23.2 Å². The van der Waals surface area contributed by atoms with Gasteiger partial charge in [0.15, 0.2) is 0 Å². The van der Waals surface area contributed by atoms with E-state index in [1.807, 2.05) is 50.2 Å². The van der Waals surface area contributed by atoms with Gasteiger partial charge in [-0.2, -0.15) is 0 Å². The highest BCUT2D eigenvalue weighted by atomic mass is 32.1. The van der Waals surface area contributed by atoms with Crippen LogP contribution in [0.25, 0.3) is 0 Å². The number of amides is 2. The molecule has 1 aliphatic heterocycles. The van der Waals surface area contributed by atoms with Gasteiger partial charge in [0.1, 0.15) is 12.4 Å². The average molecular weight is 522 g/mol. The van der Waals surface area contributed by atoms with E-state index in [0.717, 1.165) is 35.6 Å². The fraction of sp³-hybridized carbons (Fsp3) is 0.400. The number of nitrogens with zero attached hydrogens (tertiary/aromatic N) is 3. The molecule has 0 unspecified atom stereocenters. The molecule has 1 aromatic heterocycles. The molecule has 196 valence electrons. The number of likely N-dealkylation sites (tertiary alicyclic amines) is 1. The minimum atomic E-state index is -0.303. The van der Waals surface area contributed by atoms with Crippen LogP contribution >= 0.6 is 11.3 Å². The standard InChI is InChI=1S/C30H36FN3O2S/c1-23-8-4-5-9-28(23)30(36)33(19-18-32-16-6-3-7-17-32)22-29(35)34(21-27-15-10-24(2)37-27)20-25-11-13-26(31)14-12-25/h4-5,8-15H,3,6-7,16-22H2,1-2H3. The SMILES string of the molecule is Cc1ccc(CN(Cc2ccc(F)cc2)C(=O)CN(CCN2CCCCC2)C(=O)c2ccccc2C)s1. The molecule has 0 N–H and O–H groups in total. The van der Waals surface area contributed by atoms with Gasteiger partial charge in [-0.25, -0.2) is 4.39 Å². The van der Waals surface area contributed by atoms with Crippen LogP contribution in [-0.4, -0.2) is 59.2 Å². The molecule has 7 heteroatoms. The Morgan fingerprint density at radius 1 is 0.892 bits per heavy atom. The molecule has 2 amide bonds. The molecule has 4 rings (SSSR count). The van der Waals surface area contributed by atoms with Crippen molar-refractivity contribution in [3.05, 3.63) is 92.9 Å². The van der Waals surface area contributed by atoms with Gasteiger partial charge in [-0.1, -0.05) is 36.8 Å². The van der Waals surface area contributed by atoms with E-state index in [1.54, 1.807) is 33.3 Å². The van der Waals surface area contributed by atoms with Crippen LogP contribution in [0, 0.1) is 19.7 Å². The summed E-state index contributed by atoms with van der Waals surface area (Å²) in [5.41, 5.74) is 2.39. The van der Waals surface area contributed by atoms with Crippen molar-refractivity contribution < 1.29 is 14.0 Å². The number of hydrogen-bond donors (Lipinski definition) is 0. The van der Waals surface area contributed by atoms with E-state index in [-0.39, 0.29) is 24.2 Å². The molecule has 5 nitrogen and oxygen atoms in total. The lowest BCUT2D eigenvalue weighted by Crippen LogP contribution is -2.46. The Morgan fingerprint density at radius 2 is 1.62 bits per heavy atom. The van der Waals surface area contributed by atoms with E-state index in [4.69, 9.17) is 0 Å². The molecule has 0 saturated carbocycles. The van der Waals surface area contributed by atoms with E-state index in [1.165, 1.54) is 36.3 Å². The molecule has 0 radical (unpaired) electrons. The fourth-order valence-electron chi connectivity index (χ4n) is 4.74. The molecule has 0 atom stereocenters. The fourth-order valence-corrected chi connectivity index (χ4v) is 5.65. The number of carbonyl (C=O) groups is 2. The van der Waals surface area contributed by atoms with Crippen molar-refractivity contribution in [3.63, 3.8) is 0 Å². The minimum absolute atomic E-state index is 0.00651. The number of benzene rings is 2. The second-order valence-electron chi connectivity index (χ2n) is 9.83. The molecule has 1 aliphatic rings. The maximum absolute atomic E-state index is 13.8. The molecule has 0 spiro atoms. The Hall–Kier alpha value is -3.03. The van der Waals surface area contributed by atoms with Gasteiger partial charge < -0.3 is 14.7 Å². The van der Waals surface area contributed by atoms with Crippen LogP contribution in [0.15, 0.2) is 60.7 Å². The first kappa shape index (κ1) is 27.0. The molecule has 1 saturated heterocycles. The van der Waals surface area contributed by atoms with Gasteiger partial charge >= 0.3 is 0 Å². The van der Waals surface area contributed by atoms with Crippen LogP contribution in [0.4, 0.5) is 4.39 Å². The zero-order valence-corrected chi connectivity index (χ0v) is 22.6. The van der Waals surface area contributed by atoms with Crippen LogP contribution in [0.5, 0.6) is 0 Å². The summed E-state index contributed by atoms with van der Waals surface area (Å²) in [5, 5.41) is 0. The highest BCUT2D eigenvalue weighted by molar-refractivity contribution is 7.11. The van der Waals surface area contributed by atoms with Crippen LogP contribution in [0.2, 0.25) is 0 Å². The van der Waals surface area contributed by atoms with Crippen molar-refractivity contribution in [2.75, 3.05) is 32.7 Å². The monoisotopic (exact) mass is 521 g/mol. The molecule has 0 aliphatic carbocycles. The first-order valence-electron chi connectivity index (χ1n) is 13.0. The Kier molecular flexibility index (Phi) is 9.47. The van der Waals surface area contributed by atoms with E-state index < -0.39 is 0 Å². The van der Waals surface area contributed by atoms with E-state index in [2.05, 4.69) is 4.90 Å². The maximum Gasteiger partial charge on any atom is 0.254 e. The van der Waals surface area contributed by atoms with Crippen molar-refractivity contribution in [1.82, 2.24) is 14.7 Å². The summed E-state index contributed by atoms with van der Waals surface area (Å²) in [7, 11) is 0. The number of hydrogen-bond acceptors (Lipinski definition) is 4. The predicted molar refractivity (Wildman–Crippen MR) is 147 cm³/mol. The van der Waals surface area contributed by atoms with Crippen LogP contribution in [-0.2, 0) is 17.9 Å². The summed E-state index contributed by atoms with van der Waals surface area (Å²) in [6, 6.07) is 17.9. The van der Waals surface area contributed by atoms with Crippen molar-refractivity contribution in [2.45, 2.75) is 46.2 Å². The summed E-state index contributed by atoms with van der Waals surface area (Å²) < 4.78 is 13.5. The highest BCUT2D eigenvalue weighted by Crippen LogP contribution is 2.20. The highest BCUT2D eigenvalue weighted by Gasteiger charge is 2.25. The Labute approximate surface area is 223 Å². The molecule has 0 bridgehead atoms. The first-order chi connectivity index (χ1) is 17.9. The summed E-state index contributed by atoms with van der Waals surface area (Å²) in [4.78, 5) is 35.5. The second-order valence-corrected chi connectivity index (χ2v) is 11.2. The number of halogens is 1. The van der Waals surface area contributed by atoms with Crippen molar-refractivity contribution in [3.8, 4) is 0 Å². The van der Waals surface area contributed by atoms with Crippen LogP contribution in [0.3, 0.4) is 0 Å². The van der Waals surface area contributed by atoms with Gasteiger partial charge in [-0.3, -0.25) is 9.59 Å². The van der Waals surface area contributed by atoms with Crippen molar-refractivity contribution in [2.24, 2.45) is 0 Å². The van der Waals surface area contributed by atoms with Gasteiger partial charge in [0.05, 0.1) is 6.54 Å². The molecule has 37 heavy (non-hydrogen) atoms. The average Bonchev–Trinajstić information content (AvgIpc) is 3.32. The van der Waals surface area contributed by atoms with Gasteiger partial charge in [-0.15, -0.1) is 11.3 Å². The molecule has 3 aromatic rings.